The lowest BCUT2D eigenvalue weighted by atomic mass is 10.1. The number of carbonyl (C=O) groups excluding carboxylic acids is 3. The second kappa shape index (κ2) is 6.87. The van der Waals surface area contributed by atoms with Crippen LogP contribution in [0, 0.1) is 0 Å². The molecule has 1 heterocycles. The third-order valence-corrected chi connectivity index (χ3v) is 3.41. The highest BCUT2D eigenvalue weighted by atomic mass is 35.5. The molecule has 1 aromatic rings. The summed E-state index contributed by atoms with van der Waals surface area (Å²) in [6.45, 7) is 3.19. The maximum atomic E-state index is 12.1. The second-order valence-electron chi connectivity index (χ2n) is 5.42. The van der Waals surface area contributed by atoms with Gasteiger partial charge in [0.05, 0.1) is 0 Å². The summed E-state index contributed by atoms with van der Waals surface area (Å²) in [6.07, 6.45) is 0. The number of benzene rings is 1. The summed E-state index contributed by atoms with van der Waals surface area (Å²) in [5.74, 6) is -0.836. The monoisotopic (exact) mass is 340 g/mol. The van der Waals surface area contributed by atoms with Crippen LogP contribution in [-0.4, -0.2) is 48.1 Å². The summed E-state index contributed by atoms with van der Waals surface area (Å²) in [6, 6.07) is 6.03. The van der Waals surface area contributed by atoms with Crippen molar-refractivity contribution in [3.63, 3.8) is 0 Å². The van der Waals surface area contributed by atoms with E-state index in [1.807, 2.05) is 0 Å². The minimum absolute atomic E-state index is 0.264. The Morgan fingerprint density at radius 2 is 1.96 bits per heavy atom. The van der Waals surface area contributed by atoms with Gasteiger partial charge in [-0.05, 0) is 38.1 Å². The molecule has 124 valence electrons. The molecular formula is C15H17ClN2O5. The van der Waals surface area contributed by atoms with E-state index < -0.39 is 30.1 Å². The fraction of sp³-hybridized carbons (Fsp3) is 0.400. The number of hydrogen-bond acceptors (Lipinski definition) is 5. The highest BCUT2D eigenvalue weighted by molar-refractivity contribution is 6.30. The van der Waals surface area contributed by atoms with Crippen molar-refractivity contribution in [3.8, 4) is 5.75 Å². The van der Waals surface area contributed by atoms with E-state index in [1.165, 1.54) is 13.8 Å². The van der Waals surface area contributed by atoms with E-state index >= 15 is 0 Å². The zero-order chi connectivity index (χ0) is 17.0. The van der Waals surface area contributed by atoms with Crippen molar-refractivity contribution in [2.24, 2.45) is 0 Å². The number of imide groups is 1. The molecule has 0 saturated carbocycles. The highest BCUT2D eigenvalue weighted by Crippen LogP contribution is 2.21. The van der Waals surface area contributed by atoms with E-state index in [2.05, 4.69) is 5.32 Å². The van der Waals surface area contributed by atoms with Crippen LogP contribution in [0.4, 0.5) is 4.79 Å². The molecule has 8 heteroatoms. The minimum Gasteiger partial charge on any atom is -0.476 e. The number of nitrogens with one attached hydrogen (secondary N) is 1. The van der Waals surface area contributed by atoms with Crippen LogP contribution >= 0.6 is 11.6 Å². The van der Waals surface area contributed by atoms with Crippen LogP contribution in [0.1, 0.15) is 13.8 Å². The molecule has 2 rings (SSSR count). The topological polar surface area (TPSA) is 84.9 Å². The Kier molecular flexibility index (Phi) is 5.10. The molecule has 0 atom stereocenters. The molecule has 1 fully saturated rings. The van der Waals surface area contributed by atoms with Gasteiger partial charge >= 0.3 is 12.0 Å². The Hall–Kier alpha value is -2.28. The molecule has 1 aliphatic rings. The van der Waals surface area contributed by atoms with Crippen LogP contribution in [0.3, 0.4) is 0 Å². The van der Waals surface area contributed by atoms with E-state index in [1.54, 1.807) is 24.3 Å². The Balaban J connectivity index is 1.89. The standard InChI is InChI=1S/C15H17ClN2O5/c1-15(2,23-11-5-3-10(16)4-6-11)13(20)22-9-12(19)18-8-7-17-14(18)21/h3-6H,7-9H2,1-2H3,(H,17,21). The molecule has 0 radical (unpaired) electrons. The van der Waals surface area contributed by atoms with Gasteiger partial charge in [-0.2, -0.15) is 0 Å². The number of carbonyl (C=O) groups is 3. The maximum absolute atomic E-state index is 12.1. The van der Waals surface area contributed by atoms with Gasteiger partial charge in [0, 0.05) is 18.1 Å². The molecule has 0 spiro atoms. The summed E-state index contributed by atoms with van der Waals surface area (Å²) in [5.41, 5.74) is -1.29. The third kappa shape index (κ3) is 4.35. The lowest BCUT2D eigenvalue weighted by Crippen LogP contribution is -2.43. The number of rotatable bonds is 5. The first kappa shape index (κ1) is 17.1. The molecule has 0 aromatic heterocycles. The summed E-state index contributed by atoms with van der Waals surface area (Å²) in [7, 11) is 0. The lowest BCUT2D eigenvalue weighted by Gasteiger charge is -2.24. The number of amides is 3. The molecule has 3 amide bonds. The molecule has 0 bridgehead atoms. The number of esters is 1. The predicted molar refractivity (Wildman–Crippen MR) is 82.2 cm³/mol. The van der Waals surface area contributed by atoms with Gasteiger partial charge < -0.3 is 14.8 Å². The molecule has 23 heavy (non-hydrogen) atoms. The predicted octanol–water partition coefficient (Wildman–Crippen LogP) is 1.59. The van der Waals surface area contributed by atoms with Crippen molar-refractivity contribution >= 4 is 29.5 Å². The second-order valence-corrected chi connectivity index (χ2v) is 5.86. The number of urea groups is 1. The van der Waals surface area contributed by atoms with Crippen molar-refractivity contribution in [1.29, 1.82) is 0 Å². The van der Waals surface area contributed by atoms with Gasteiger partial charge in [-0.3, -0.25) is 9.69 Å². The number of halogens is 1. The van der Waals surface area contributed by atoms with Gasteiger partial charge in [0.1, 0.15) is 5.75 Å². The summed E-state index contributed by atoms with van der Waals surface area (Å²) < 4.78 is 10.5. The van der Waals surface area contributed by atoms with Gasteiger partial charge in [0.2, 0.25) is 0 Å². The van der Waals surface area contributed by atoms with Crippen molar-refractivity contribution in [2.75, 3.05) is 19.7 Å². The summed E-state index contributed by atoms with van der Waals surface area (Å²) >= 11 is 5.78. The Morgan fingerprint density at radius 1 is 1.30 bits per heavy atom. The maximum Gasteiger partial charge on any atom is 0.350 e. The number of nitrogens with zero attached hydrogens (tertiary/aromatic N) is 1. The average Bonchev–Trinajstić information content (AvgIpc) is 2.92. The highest BCUT2D eigenvalue weighted by Gasteiger charge is 2.34. The van der Waals surface area contributed by atoms with E-state index in [0.29, 0.717) is 17.3 Å². The van der Waals surface area contributed by atoms with Crippen LogP contribution in [0.15, 0.2) is 24.3 Å². The van der Waals surface area contributed by atoms with Crippen molar-refractivity contribution < 1.29 is 23.9 Å². The number of ether oxygens (including phenoxy) is 2. The first-order chi connectivity index (χ1) is 10.8. The quantitative estimate of drug-likeness (QED) is 0.823. The third-order valence-electron chi connectivity index (χ3n) is 3.16. The lowest BCUT2D eigenvalue weighted by molar-refractivity contribution is -0.163. The van der Waals surface area contributed by atoms with Crippen LogP contribution < -0.4 is 10.1 Å². The molecule has 1 aliphatic heterocycles. The summed E-state index contributed by atoms with van der Waals surface area (Å²) in [5, 5.41) is 3.04. The van der Waals surface area contributed by atoms with Gasteiger partial charge in [0.15, 0.2) is 12.2 Å². The van der Waals surface area contributed by atoms with Crippen LogP contribution in [-0.2, 0) is 14.3 Å². The van der Waals surface area contributed by atoms with Gasteiger partial charge in [-0.25, -0.2) is 9.59 Å². The normalized spacial score (nSPS) is 14.4. The fourth-order valence-electron chi connectivity index (χ4n) is 1.93. The fourth-order valence-corrected chi connectivity index (χ4v) is 2.05. The average molecular weight is 341 g/mol. The Bertz CT molecular complexity index is 615. The zero-order valence-corrected chi connectivity index (χ0v) is 13.6. The molecule has 0 unspecified atom stereocenters. The largest absolute Gasteiger partial charge is 0.476 e. The van der Waals surface area contributed by atoms with Crippen molar-refractivity contribution in [3.05, 3.63) is 29.3 Å². The minimum atomic E-state index is -1.29. The SMILES string of the molecule is CC(C)(Oc1ccc(Cl)cc1)C(=O)OCC(=O)N1CCNC1=O. The zero-order valence-electron chi connectivity index (χ0n) is 12.8. The van der Waals surface area contributed by atoms with E-state index in [0.717, 1.165) is 4.90 Å². The smallest absolute Gasteiger partial charge is 0.350 e. The van der Waals surface area contributed by atoms with E-state index in [-0.39, 0.29) is 6.54 Å². The van der Waals surface area contributed by atoms with Gasteiger partial charge in [-0.15, -0.1) is 0 Å². The van der Waals surface area contributed by atoms with Crippen LogP contribution in [0.2, 0.25) is 5.02 Å². The molecule has 1 aromatic carbocycles. The van der Waals surface area contributed by atoms with Gasteiger partial charge in [-0.1, -0.05) is 11.6 Å². The Morgan fingerprint density at radius 3 is 2.52 bits per heavy atom. The molecule has 1 N–H and O–H groups in total. The number of hydrogen-bond donors (Lipinski definition) is 1. The first-order valence-electron chi connectivity index (χ1n) is 6.99. The Labute approximate surface area is 138 Å². The first-order valence-corrected chi connectivity index (χ1v) is 7.37. The van der Waals surface area contributed by atoms with Crippen molar-refractivity contribution in [2.45, 2.75) is 19.4 Å². The molecular weight excluding hydrogens is 324 g/mol. The molecule has 1 saturated heterocycles. The van der Waals surface area contributed by atoms with Crippen LogP contribution in [0.25, 0.3) is 0 Å². The molecule has 7 nitrogen and oxygen atoms in total. The van der Waals surface area contributed by atoms with Gasteiger partial charge in [0.25, 0.3) is 5.91 Å². The van der Waals surface area contributed by atoms with E-state index in [4.69, 9.17) is 21.1 Å². The summed E-state index contributed by atoms with van der Waals surface area (Å²) in [4.78, 5) is 36.3. The van der Waals surface area contributed by atoms with Crippen molar-refractivity contribution in [1.82, 2.24) is 10.2 Å². The van der Waals surface area contributed by atoms with E-state index in [9.17, 15) is 14.4 Å². The van der Waals surface area contributed by atoms with Crippen LogP contribution in [0.5, 0.6) is 5.75 Å². The molecule has 0 aliphatic carbocycles.